The van der Waals surface area contributed by atoms with E-state index in [1.165, 1.54) is 43.8 Å². The zero-order chi connectivity index (χ0) is 17.4. The number of hydrogen-bond acceptors (Lipinski definition) is 4. The molecule has 24 heavy (non-hydrogen) atoms. The summed E-state index contributed by atoms with van der Waals surface area (Å²) in [5, 5.41) is 7.91. The molecule has 1 aromatic heterocycles. The first-order valence-electron chi connectivity index (χ1n) is 9.26. The van der Waals surface area contributed by atoms with Crippen molar-refractivity contribution in [1.82, 2.24) is 20.5 Å². The molecule has 0 bridgehead atoms. The third-order valence-corrected chi connectivity index (χ3v) is 5.48. The van der Waals surface area contributed by atoms with Crippen molar-refractivity contribution in [1.29, 1.82) is 0 Å². The van der Waals surface area contributed by atoms with Crippen LogP contribution in [0.15, 0.2) is 4.99 Å². The van der Waals surface area contributed by atoms with Gasteiger partial charge in [-0.2, -0.15) is 0 Å². The molecule has 0 aromatic carbocycles. The van der Waals surface area contributed by atoms with Crippen molar-refractivity contribution >= 4 is 17.3 Å². The molecule has 1 atom stereocenters. The molecule has 2 N–H and O–H groups in total. The van der Waals surface area contributed by atoms with E-state index in [4.69, 9.17) is 0 Å². The second-order valence-corrected chi connectivity index (χ2v) is 8.08. The van der Waals surface area contributed by atoms with Crippen molar-refractivity contribution in [2.45, 2.75) is 53.5 Å². The largest absolute Gasteiger partial charge is 0.357 e. The zero-order valence-electron chi connectivity index (χ0n) is 15.7. The van der Waals surface area contributed by atoms with Crippen LogP contribution in [0.3, 0.4) is 0 Å². The van der Waals surface area contributed by atoms with Gasteiger partial charge in [0.1, 0.15) is 5.01 Å². The monoisotopic (exact) mass is 351 g/mol. The summed E-state index contributed by atoms with van der Waals surface area (Å²) in [6.45, 7) is 14.8. The van der Waals surface area contributed by atoms with Crippen LogP contribution >= 0.6 is 11.3 Å². The number of aliphatic imine (C=N–C) groups is 1. The number of nitrogens with zero attached hydrogens (tertiary/aromatic N) is 3. The molecule has 1 aliphatic heterocycles. The Hall–Kier alpha value is -1.14. The number of guanidine groups is 1. The Morgan fingerprint density at radius 2 is 2.00 bits per heavy atom. The average Bonchev–Trinajstić information content (AvgIpc) is 2.89. The van der Waals surface area contributed by atoms with Crippen molar-refractivity contribution < 1.29 is 0 Å². The van der Waals surface area contributed by atoms with Gasteiger partial charge in [0.05, 0.1) is 12.2 Å². The molecule has 2 rings (SSSR count). The highest BCUT2D eigenvalue weighted by atomic mass is 32.1. The molecule has 0 radical (unpaired) electrons. The molecule has 1 aromatic rings. The molecule has 0 saturated carbocycles. The number of rotatable bonds is 7. The van der Waals surface area contributed by atoms with Gasteiger partial charge in [-0.25, -0.2) is 9.98 Å². The Morgan fingerprint density at radius 3 is 2.62 bits per heavy atom. The summed E-state index contributed by atoms with van der Waals surface area (Å²) >= 11 is 1.74. The van der Waals surface area contributed by atoms with E-state index in [-0.39, 0.29) is 0 Å². The van der Waals surface area contributed by atoms with Crippen LogP contribution in [0.5, 0.6) is 0 Å². The van der Waals surface area contributed by atoms with E-state index < -0.39 is 0 Å². The van der Waals surface area contributed by atoms with E-state index in [1.54, 1.807) is 11.3 Å². The normalized spacial score (nSPS) is 17.8. The number of piperidine rings is 1. The maximum atomic E-state index is 4.69. The number of nitrogens with one attached hydrogen (secondary N) is 2. The quantitative estimate of drug-likeness (QED) is 0.586. The van der Waals surface area contributed by atoms with Gasteiger partial charge in [0, 0.05) is 24.5 Å². The first kappa shape index (κ1) is 19.2. The number of thiazole rings is 1. The van der Waals surface area contributed by atoms with Crippen LogP contribution in [0.25, 0.3) is 0 Å². The highest BCUT2D eigenvalue weighted by Crippen LogP contribution is 2.17. The van der Waals surface area contributed by atoms with Crippen molar-refractivity contribution in [2.24, 2.45) is 10.9 Å². The molecule has 6 heteroatoms. The van der Waals surface area contributed by atoms with Crippen LogP contribution < -0.4 is 10.6 Å². The Labute approximate surface area is 151 Å². The molecule has 2 heterocycles. The van der Waals surface area contributed by atoms with Crippen LogP contribution in [-0.2, 0) is 6.54 Å². The zero-order valence-corrected chi connectivity index (χ0v) is 16.5. The molecular weight excluding hydrogens is 318 g/mol. The van der Waals surface area contributed by atoms with Crippen LogP contribution in [-0.4, -0.2) is 48.6 Å². The summed E-state index contributed by atoms with van der Waals surface area (Å²) in [5.74, 6) is 1.52. The fourth-order valence-electron chi connectivity index (χ4n) is 3.01. The molecule has 1 saturated heterocycles. The van der Waals surface area contributed by atoms with Crippen molar-refractivity contribution in [2.75, 3.05) is 32.7 Å². The van der Waals surface area contributed by atoms with Gasteiger partial charge < -0.3 is 15.5 Å². The van der Waals surface area contributed by atoms with Gasteiger partial charge in [0.2, 0.25) is 0 Å². The fourth-order valence-corrected chi connectivity index (χ4v) is 3.87. The Bertz CT molecular complexity index is 500. The second-order valence-electron chi connectivity index (χ2n) is 6.79. The van der Waals surface area contributed by atoms with E-state index in [9.17, 15) is 0 Å². The smallest absolute Gasteiger partial charge is 0.191 e. The Balaban J connectivity index is 1.79. The van der Waals surface area contributed by atoms with Gasteiger partial charge in [0.25, 0.3) is 0 Å². The van der Waals surface area contributed by atoms with Gasteiger partial charge >= 0.3 is 0 Å². The summed E-state index contributed by atoms with van der Waals surface area (Å²) in [4.78, 5) is 13.1. The van der Waals surface area contributed by atoms with Crippen molar-refractivity contribution in [3.05, 3.63) is 15.6 Å². The summed E-state index contributed by atoms with van der Waals surface area (Å²) in [5.41, 5.74) is 1.12. The highest BCUT2D eigenvalue weighted by molar-refractivity contribution is 7.11. The third-order valence-electron chi connectivity index (χ3n) is 4.43. The minimum atomic E-state index is 0.622. The third kappa shape index (κ3) is 6.40. The number of aryl methyl sites for hydroxylation is 2. The van der Waals surface area contributed by atoms with Gasteiger partial charge in [-0.15, -0.1) is 11.3 Å². The molecule has 5 nitrogen and oxygen atoms in total. The summed E-state index contributed by atoms with van der Waals surface area (Å²) < 4.78 is 0. The number of likely N-dealkylation sites (tertiary alicyclic amines) is 1. The molecule has 1 aliphatic rings. The van der Waals surface area contributed by atoms with Gasteiger partial charge in [-0.05, 0) is 52.6 Å². The van der Waals surface area contributed by atoms with Gasteiger partial charge in [0.15, 0.2) is 5.96 Å². The van der Waals surface area contributed by atoms with Gasteiger partial charge in [-0.1, -0.05) is 13.3 Å². The maximum Gasteiger partial charge on any atom is 0.191 e. The lowest BCUT2D eigenvalue weighted by atomic mass is 10.1. The minimum Gasteiger partial charge on any atom is -0.357 e. The lowest BCUT2D eigenvalue weighted by Crippen LogP contribution is -2.42. The SMILES string of the molecule is CCNC(=NCc1nc(C)c(C)s1)NCC(C)CN1CCCCC1. The van der Waals surface area contributed by atoms with Crippen LogP contribution in [0.2, 0.25) is 0 Å². The first-order chi connectivity index (χ1) is 11.6. The highest BCUT2D eigenvalue weighted by Gasteiger charge is 2.13. The standard InChI is InChI=1S/C18H33N5S/c1-5-19-18(21-12-17-22-15(3)16(4)24-17)20-11-14(2)13-23-9-7-6-8-10-23/h14H,5-13H2,1-4H3,(H2,19,20,21). The predicted molar refractivity (Wildman–Crippen MR) is 104 cm³/mol. The molecule has 0 amide bonds. The fraction of sp³-hybridized carbons (Fsp3) is 0.778. The molecule has 0 spiro atoms. The summed E-state index contributed by atoms with van der Waals surface area (Å²) in [6, 6.07) is 0. The lowest BCUT2D eigenvalue weighted by molar-refractivity contribution is 0.201. The predicted octanol–water partition coefficient (Wildman–Crippen LogP) is 2.94. The topological polar surface area (TPSA) is 52.6 Å². The van der Waals surface area contributed by atoms with E-state index >= 15 is 0 Å². The molecule has 136 valence electrons. The Morgan fingerprint density at radius 1 is 1.25 bits per heavy atom. The average molecular weight is 352 g/mol. The minimum absolute atomic E-state index is 0.622. The summed E-state index contributed by atoms with van der Waals surface area (Å²) in [6.07, 6.45) is 4.11. The Kier molecular flexibility index (Phi) is 7.99. The van der Waals surface area contributed by atoms with E-state index in [0.717, 1.165) is 29.8 Å². The van der Waals surface area contributed by atoms with Gasteiger partial charge in [-0.3, -0.25) is 0 Å². The molecule has 1 fully saturated rings. The van der Waals surface area contributed by atoms with Crippen LogP contribution in [0.1, 0.15) is 48.7 Å². The van der Waals surface area contributed by atoms with Crippen LogP contribution in [0, 0.1) is 19.8 Å². The molecule has 1 unspecified atom stereocenters. The number of hydrogen-bond donors (Lipinski definition) is 2. The van der Waals surface area contributed by atoms with E-state index in [0.29, 0.717) is 12.5 Å². The van der Waals surface area contributed by atoms with E-state index in [2.05, 4.69) is 53.2 Å². The lowest BCUT2D eigenvalue weighted by Gasteiger charge is -2.29. The van der Waals surface area contributed by atoms with Crippen LogP contribution in [0.4, 0.5) is 0 Å². The van der Waals surface area contributed by atoms with E-state index in [1.807, 2.05) is 0 Å². The number of aromatic nitrogens is 1. The van der Waals surface area contributed by atoms with Crippen molar-refractivity contribution in [3.63, 3.8) is 0 Å². The maximum absolute atomic E-state index is 4.69. The summed E-state index contributed by atoms with van der Waals surface area (Å²) in [7, 11) is 0. The first-order valence-corrected chi connectivity index (χ1v) is 10.1. The van der Waals surface area contributed by atoms with Crippen molar-refractivity contribution in [3.8, 4) is 0 Å². The molecule has 0 aliphatic carbocycles. The molecular formula is C18H33N5S. The second kappa shape index (κ2) is 9.99.